The van der Waals surface area contributed by atoms with E-state index in [1.165, 1.54) is 5.56 Å². The third kappa shape index (κ3) is 6.33. The first-order valence-electron chi connectivity index (χ1n) is 7.89. The summed E-state index contributed by atoms with van der Waals surface area (Å²) < 4.78 is 0. The zero-order valence-electron chi connectivity index (χ0n) is 13.5. The molecule has 2 aromatic rings. The van der Waals surface area contributed by atoms with Gasteiger partial charge in [-0.3, -0.25) is 4.79 Å². The fourth-order valence-electron chi connectivity index (χ4n) is 2.57. The van der Waals surface area contributed by atoms with Crippen LogP contribution in [0.3, 0.4) is 0 Å². The van der Waals surface area contributed by atoms with E-state index in [-0.39, 0.29) is 24.4 Å². The molecule has 0 aliphatic rings. The minimum absolute atomic E-state index is 0. The largest absolute Gasteiger partial charge is 0.399 e. The van der Waals surface area contributed by atoms with Crippen molar-refractivity contribution in [2.45, 2.75) is 38.6 Å². The number of halogens is 1. The number of carbonyl (C=O) groups is 1. The molecule has 0 bridgehead atoms. The summed E-state index contributed by atoms with van der Waals surface area (Å²) in [7, 11) is 0. The number of nitrogens with two attached hydrogens (primary N) is 1. The normalized spacial score (nSPS) is 11.3. The molecule has 0 radical (unpaired) electrons. The highest BCUT2D eigenvalue weighted by atomic mass is 35.5. The zero-order chi connectivity index (χ0) is 15.8. The first-order chi connectivity index (χ1) is 10.7. The van der Waals surface area contributed by atoms with E-state index < -0.39 is 0 Å². The highest BCUT2D eigenvalue weighted by molar-refractivity contribution is 5.95. The first kappa shape index (κ1) is 19.0. The van der Waals surface area contributed by atoms with Gasteiger partial charge in [-0.1, -0.05) is 49.7 Å². The van der Waals surface area contributed by atoms with Crippen molar-refractivity contribution in [3.63, 3.8) is 0 Å². The van der Waals surface area contributed by atoms with Crippen LogP contribution in [0.25, 0.3) is 0 Å². The van der Waals surface area contributed by atoms with Gasteiger partial charge in [0.25, 0.3) is 5.91 Å². The van der Waals surface area contributed by atoms with E-state index in [2.05, 4.69) is 36.5 Å². The molecule has 1 amide bonds. The van der Waals surface area contributed by atoms with Crippen molar-refractivity contribution in [1.29, 1.82) is 0 Å². The second-order valence-electron chi connectivity index (χ2n) is 5.61. The van der Waals surface area contributed by atoms with E-state index >= 15 is 0 Å². The molecule has 23 heavy (non-hydrogen) atoms. The maximum absolute atomic E-state index is 12.3. The molecular weight excluding hydrogens is 308 g/mol. The average Bonchev–Trinajstić information content (AvgIpc) is 2.54. The van der Waals surface area contributed by atoms with E-state index in [9.17, 15) is 4.79 Å². The molecule has 0 heterocycles. The predicted octanol–water partition coefficient (Wildman–Crippen LogP) is 4.22. The quantitative estimate of drug-likeness (QED) is 0.746. The van der Waals surface area contributed by atoms with Gasteiger partial charge in [-0.2, -0.15) is 0 Å². The standard InChI is InChI=1S/C19H24N2O.ClH/c1-2-7-18(13-12-15-8-4-3-5-9-15)21-19(22)16-10-6-11-17(20)14-16;/h3-6,8-11,14,18H,2,7,12-13,20H2,1H3,(H,21,22);1H. The summed E-state index contributed by atoms with van der Waals surface area (Å²) in [6.07, 6.45) is 3.96. The first-order valence-corrected chi connectivity index (χ1v) is 7.89. The number of rotatable bonds is 7. The van der Waals surface area contributed by atoms with Crippen LogP contribution in [0.15, 0.2) is 54.6 Å². The molecule has 0 aliphatic carbocycles. The van der Waals surface area contributed by atoms with Crippen LogP contribution in [0.5, 0.6) is 0 Å². The Morgan fingerprint density at radius 2 is 1.83 bits per heavy atom. The SMILES string of the molecule is CCCC(CCc1ccccc1)NC(=O)c1cccc(N)c1.Cl. The number of aryl methyl sites for hydroxylation is 1. The summed E-state index contributed by atoms with van der Waals surface area (Å²) in [6.45, 7) is 2.14. The number of amides is 1. The highest BCUT2D eigenvalue weighted by Crippen LogP contribution is 2.11. The van der Waals surface area contributed by atoms with Gasteiger partial charge in [0.1, 0.15) is 0 Å². The van der Waals surface area contributed by atoms with E-state index in [0.29, 0.717) is 11.3 Å². The Labute approximate surface area is 144 Å². The minimum Gasteiger partial charge on any atom is -0.399 e. The van der Waals surface area contributed by atoms with Crippen molar-refractivity contribution in [3.05, 3.63) is 65.7 Å². The van der Waals surface area contributed by atoms with Crippen LogP contribution in [-0.2, 0) is 6.42 Å². The summed E-state index contributed by atoms with van der Waals surface area (Å²) in [6, 6.07) is 17.7. The van der Waals surface area contributed by atoms with Gasteiger partial charge in [0.15, 0.2) is 0 Å². The minimum atomic E-state index is -0.0428. The fraction of sp³-hybridized carbons (Fsp3) is 0.316. The molecule has 2 aromatic carbocycles. The summed E-state index contributed by atoms with van der Waals surface area (Å²) >= 11 is 0. The molecular formula is C19H25ClN2O. The zero-order valence-corrected chi connectivity index (χ0v) is 14.3. The number of hydrogen-bond acceptors (Lipinski definition) is 2. The number of carbonyl (C=O) groups excluding carboxylic acids is 1. The number of hydrogen-bond donors (Lipinski definition) is 2. The van der Waals surface area contributed by atoms with Crippen LogP contribution in [-0.4, -0.2) is 11.9 Å². The van der Waals surface area contributed by atoms with Crippen molar-refractivity contribution in [2.75, 3.05) is 5.73 Å². The van der Waals surface area contributed by atoms with Gasteiger partial charge in [0.2, 0.25) is 0 Å². The third-order valence-electron chi connectivity index (χ3n) is 3.75. The van der Waals surface area contributed by atoms with Crippen molar-refractivity contribution in [1.82, 2.24) is 5.32 Å². The van der Waals surface area contributed by atoms with Crippen LogP contribution in [0.1, 0.15) is 42.1 Å². The molecule has 0 fully saturated rings. The molecule has 0 saturated carbocycles. The van der Waals surface area contributed by atoms with Crippen LogP contribution in [0, 0.1) is 0 Å². The Balaban J connectivity index is 0.00000264. The Morgan fingerprint density at radius 1 is 1.09 bits per heavy atom. The second-order valence-corrected chi connectivity index (χ2v) is 5.61. The summed E-state index contributed by atoms with van der Waals surface area (Å²) in [5.74, 6) is -0.0428. The molecule has 1 unspecified atom stereocenters. The Bertz CT molecular complexity index is 601. The second kappa shape index (κ2) is 9.90. The van der Waals surface area contributed by atoms with Crippen molar-refractivity contribution in [2.24, 2.45) is 0 Å². The lowest BCUT2D eigenvalue weighted by Gasteiger charge is -2.18. The number of nitrogen functional groups attached to an aromatic ring is 1. The van der Waals surface area contributed by atoms with E-state index in [4.69, 9.17) is 5.73 Å². The van der Waals surface area contributed by atoms with Crippen LogP contribution < -0.4 is 11.1 Å². The van der Waals surface area contributed by atoms with E-state index in [0.717, 1.165) is 25.7 Å². The van der Waals surface area contributed by atoms with Gasteiger partial charge in [0, 0.05) is 17.3 Å². The highest BCUT2D eigenvalue weighted by Gasteiger charge is 2.13. The molecule has 3 N–H and O–H groups in total. The monoisotopic (exact) mass is 332 g/mol. The predicted molar refractivity (Wildman–Crippen MR) is 99.0 cm³/mol. The van der Waals surface area contributed by atoms with Gasteiger partial charge in [-0.25, -0.2) is 0 Å². The summed E-state index contributed by atoms with van der Waals surface area (Å²) in [5, 5.41) is 3.14. The van der Waals surface area contributed by atoms with Crippen LogP contribution in [0.2, 0.25) is 0 Å². The Hall–Kier alpha value is -2.00. The lowest BCUT2D eigenvalue weighted by Crippen LogP contribution is -2.35. The Kier molecular flexibility index (Phi) is 8.20. The lowest BCUT2D eigenvalue weighted by molar-refractivity contribution is 0.0933. The fourth-order valence-corrected chi connectivity index (χ4v) is 2.57. The van der Waals surface area contributed by atoms with Crippen molar-refractivity contribution >= 4 is 24.0 Å². The molecule has 0 aliphatic heterocycles. The summed E-state index contributed by atoms with van der Waals surface area (Å²) in [4.78, 5) is 12.3. The van der Waals surface area contributed by atoms with Gasteiger partial charge in [0.05, 0.1) is 0 Å². The average molecular weight is 333 g/mol. The lowest BCUT2D eigenvalue weighted by atomic mass is 10.0. The molecule has 1 atom stereocenters. The molecule has 2 rings (SSSR count). The van der Waals surface area contributed by atoms with E-state index in [1.54, 1.807) is 18.2 Å². The van der Waals surface area contributed by atoms with Crippen LogP contribution >= 0.6 is 12.4 Å². The molecule has 0 spiro atoms. The third-order valence-corrected chi connectivity index (χ3v) is 3.75. The van der Waals surface area contributed by atoms with Crippen molar-refractivity contribution in [3.8, 4) is 0 Å². The molecule has 3 nitrogen and oxygen atoms in total. The smallest absolute Gasteiger partial charge is 0.251 e. The molecule has 0 saturated heterocycles. The molecule has 124 valence electrons. The van der Waals surface area contributed by atoms with Crippen molar-refractivity contribution < 1.29 is 4.79 Å². The maximum atomic E-state index is 12.3. The molecule has 0 aromatic heterocycles. The van der Waals surface area contributed by atoms with Gasteiger partial charge >= 0.3 is 0 Å². The Morgan fingerprint density at radius 3 is 2.48 bits per heavy atom. The van der Waals surface area contributed by atoms with Gasteiger partial charge in [-0.05, 0) is 43.0 Å². The topological polar surface area (TPSA) is 55.1 Å². The number of anilines is 1. The molecule has 4 heteroatoms. The van der Waals surface area contributed by atoms with Crippen LogP contribution in [0.4, 0.5) is 5.69 Å². The number of benzene rings is 2. The maximum Gasteiger partial charge on any atom is 0.251 e. The van der Waals surface area contributed by atoms with Gasteiger partial charge < -0.3 is 11.1 Å². The summed E-state index contributed by atoms with van der Waals surface area (Å²) in [5.41, 5.74) is 8.29. The number of nitrogens with one attached hydrogen (secondary N) is 1. The van der Waals surface area contributed by atoms with Gasteiger partial charge in [-0.15, -0.1) is 12.4 Å². The van der Waals surface area contributed by atoms with E-state index in [1.807, 2.05) is 12.1 Å².